The minimum atomic E-state index is -0.744. The van der Waals surface area contributed by atoms with Crippen LogP contribution in [0.5, 0.6) is 0 Å². The molecule has 2 aromatic rings. The number of rotatable bonds is 6. The summed E-state index contributed by atoms with van der Waals surface area (Å²) < 4.78 is 5.16. The van der Waals surface area contributed by atoms with Crippen LogP contribution in [0.4, 0.5) is 0 Å². The van der Waals surface area contributed by atoms with E-state index in [1.165, 1.54) is 17.2 Å². The van der Waals surface area contributed by atoms with Crippen molar-refractivity contribution in [1.82, 2.24) is 14.8 Å². The second-order valence-electron chi connectivity index (χ2n) is 6.03. The Labute approximate surface area is 145 Å². The number of likely N-dealkylation sites (N-methyl/N-ethyl adjacent to an activating group) is 1. The van der Waals surface area contributed by atoms with Crippen molar-refractivity contribution in [3.05, 3.63) is 65.6 Å². The first-order valence-corrected chi connectivity index (χ1v) is 7.88. The minimum absolute atomic E-state index is 0.00240. The van der Waals surface area contributed by atoms with Crippen molar-refractivity contribution in [2.75, 3.05) is 27.2 Å². The van der Waals surface area contributed by atoms with Crippen LogP contribution in [-0.2, 0) is 4.79 Å². The molecule has 0 radical (unpaired) electrons. The van der Waals surface area contributed by atoms with Gasteiger partial charge in [-0.25, -0.2) is 0 Å². The van der Waals surface area contributed by atoms with Crippen LogP contribution in [-0.4, -0.2) is 58.8 Å². The monoisotopic (exact) mass is 341 g/mol. The lowest BCUT2D eigenvalue weighted by molar-refractivity contribution is -0.129. The number of hydrogen-bond donors (Lipinski definition) is 1. The SMILES string of the molecule is CN(C)CCN1C(=O)C(O)=C(C(=O)c2ccco2)[C@@H]1c1ccccn1. The molecule has 1 atom stereocenters. The summed E-state index contributed by atoms with van der Waals surface area (Å²) in [6, 6.07) is 7.61. The first-order chi connectivity index (χ1) is 12.0. The number of aromatic nitrogens is 1. The zero-order valence-electron chi connectivity index (χ0n) is 14.0. The summed E-state index contributed by atoms with van der Waals surface area (Å²) >= 11 is 0. The molecule has 1 aliphatic rings. The van der Waals surface area contributed by atoms with Crippen molar-refractivity contribution in [3.8, 4) is 0 Å². The number of ketones is 1. The molecule has 2 aromatic heterocycles. The quantitative estimate of drug-likeness (QED) is 0.807. The van der Waals surface area contributed by atoms with Crippen molar-refractivity contribution in [2.24, 2.45) is 0 Å². The topological polar surface area (TPSA) is 86.9 Å². The Hall–Kier alpha value is -2.93. The third kappa shape index (κ3) is 3.18. The summed E-state index contributed by atoms with van der Waals surface area (Å²) in [5, 5.41) is 10.4. The predicted octanol–water partition coefficient (Wildman–Crippen LogP) is 1.81. The first-order valence-electron chi connectivity index (χ1n) is 7.88. The number of pyridine rings is 1. The summed E-state index contributed by atoms with van der Waals surface area (Å²) in [7, 11) is 3.77. The molecule has 0 fully saturated rings. The average Bonchev–Trinajstić information content (AvgIpc) is 3.22. The Bertz CT molecular complexity index is 797. The molecule has 0 aliphatic carbocycles. The predicted molar refractivity (Wildman–Crippen MR) is 89.9 cm³/mol. The minimum Gasteiger partial charge on any atom is -0.503 e. The second-order valence-corrected chi connectivity index (χ2v) is 6.03. The van der Waals surface area contributed by atoms with E-state index >= 15 is 0 Å². The third-order valence-electron chi connectivity index (χ3n) is 4.05. The fourth-order valence-electron chi connectivity index (χ4n) is 2.81. The number of nitrogens with zero attached hydrogens (tertiary/aromatic N) is 3. The highest BCUT2D eigenvalue weighted by Gasteiger charge is 2.44. The standard InChI is InChI=1S/C18H19N3O4/c1-20(2)9-10-21-15(12-6-3-4-8-19-12)14(17(23)18(21)24)16(22)13-7-5-11-25-13/h3-8,11,15,23H,9-10H2,1-2H3/t15-/m0/s1. The molecule has 0 unspecified atom stereocenters. The van der Waals surface area contributed by atoms with Gasteiger partial charge < -0.3 is 19.3 Å². The van der Waals surface area contributed by atoms with Gasteiger partial charge in [-0.3, -0.25) is 14.6 Å². The lowest BCUT2D eigenvalue weighted by Gasteiger charge is -2.27. The van der Waals surface area contributed by atoms with Crippen LogP contribution in [0.25, 0.3) is 0 Å². The third-order valence-corrected chi connectivity index (χ3v) is 4.05. The highest BCUT2D eigenvalue weighted by Crippen LogP contribution is 2.37. The number of Topliss-reactive ketones (excluding diaryl/α,β-unsaturated/α-hetero) is 1. The van der Waals surface area contributed by atoms with Gasteiger partial charge >= 0.3 is 0 Å². The molecule has 0 saturated carbocycles. The van der Waals surface area contributed by atoms with Crippen LogP contribution in [0.2, 0.25) is 0 Å². The fourth-order valence-corrected chi connectivity index (χ4v) is 2.81. The van der Waals surface area contributed by atoms with E-state index in [-0.39, 0.29) is 11.3 Å². The van der Waals surface area contributed by atoms with E-state index in [1.54, 1.807) is 30.5 Å². The number of carbonyl (C=O) groups is 2. The molecule has 25 heavy (non-hydrogen) atoms. The first kappa shape index (κ1) is 16.9. The molecule has 1 amide bonds. The van der Waals surface area contributed by atoms with Gasteiger partial charge in [-0.1, -0.05) is 6.07 Å². The van der Waals surface area contributed by atoms with E-state index in [1.807, 2.05) is 19.0 Å². The van der Waals surface area contributed by atoms with Gasteiger partial charge in [0.05, 0.1) is 17.5 Å². The molecular weight excluding hydrogens is 322 g/mol. The molecule has 1 aliphatic heterocycles. The maximum absolute atomic E-state index is 12.8. The Morgan fingerprint density at radius 1 is 1.32 bits per heavy atom. The second kappa shape index (κ2) is 6.90. The number of hydrogen-bond acceptors (Lipinski definition) is 6. The van der Waals surface area contributed by atoms with E-state index in [0.29, 0.717) is 18.8 Å². The molecule has 7 nitrogen and oxygen atoms in total. The van der Waals surface area contributed by atoms with Gasteiger partial charge in [-0.2, -0.15) is 0 Å². The van der Waals surface area contributed by atoms with E-state index in [0.717, 1.165) is 0 Å². The Morgan fingerprint density at radius 2 is 2.12 bits per heavy atom. The number of amides is 1. The molecule has 0 aromatic carbocycles. The Kier molecular flexibility index (Phi) is 4.67. The molecular formula is C18H19N3O4. The number of furan rings is 1. The summed E-state index contributed by atoms with van der Waals surface area (Å²) in [6.07, 6.45) is 2.97. The highest BCUT2D eigenvalue weighted by molar-refractivity contribution is 6.14. The Morgan fingerprint density at radius 3 is 2.72 bits per heavy atom. The van der Waals surface area contributed by atoms with Gasteiger partial charge in [-0.05, 0) is 38.4 Å². The summed E-state index contributed by atoms with van der Waals surface area (Å²) in [5.41, 5.74) is 0.519. The largest absolute Gasteiger partial charge is 0.503 e. The van der Waals surface area contributed by atoms with Gasteiger partial charge in [0.15, 0.2) is 11.5 Å². The fraction of sp³-hybridized carbons (Fsp3) is 0.278. The van der Waals surface area contributed by atoms with Gasteiger partial charge in [0.2, 0.25) is 5.78 Å². The maximum atomic E-state index is 12.8. The van der Waals surface area contributed by atoms with Crippen molar-refractivity contribution in [1.29, 1.82) is 0 Å². The number of carbonyl (C=O) groups excluding carboxylic acids is 2. The van der Waals surface area contributed by atoms with Gasteiger partial charge in [-0.15, -0.1) is 0 Å². The normalized spacial score (nSPS) is 17.6. The van der Waals surface area contributed by atoms with Crippen LogP contribution in [0.15, 0.2) is 58.5 Å². The lowest BCUT2D eigenvalue weighted by atomic mass is 9.98. The molecule has 1 N–H and O–H groups in total. The number of aliphatic hydroxyl groups excluding tert-OH is 1. The van der Waals surface area contributed by atoms with Crippen LogP contribution in [0.1, 0.15) is 22.3 Å². The zero-order valence-corrected chi connectivity index (χ0v) is 14.0. The van der Waals surface area contributed by atoms with Gasteiger partial charge in [0.25, 0.3) is 5.91 Å². The molecule has 130 valence electrons. The molecule has 0 spiro atoms. The smallest absolute Gasteiger partial charge is 0.290 e. The van der Waals surface area contributed by atoms with Crippen molar-refractivity contribution >= 4 is 11.7 Å². The van der Waals surface area contributed by atoms with Gasteiger partial charge in [0.1, 0.15) is 6.04 Å². The summed E-state index contributed by atoms with van der Waals surface area (Å²) in [6.45, 7) is 0.941. The lowest BCUT2D eigenvalue weighted by Crippen LogP contribution is -2.36. The van der Waals surface area contributed by atoms with Crippen LogP contribution in [0.3, 0.4) is 0 Å². The summed E-state index contributed by atoms with van der Waals surface area (Å²) in [4.78, 5) is 33.1. The van der Waals surface area contributed by atoms with Gasteiger partial charge in [0, 0.05) is 19.3 Å². The van der Waals surface area contributed by atoms with E-state index in [9.17, 15) is 14.7 Å². The number of aliphatic hydroxyl groups is 1. The average molecular weight is 341 g/mol. The highest BCUT2D eigenvalue weighted by atomic mass is 16.3. The van der Waals surface area contributed by atoms with E-state index in [4.69, 9.17) is 4.42 Å². The molecule has 3 rings (SSSR count). The molecule has 7 heteroatoms. The van der Waals surface area contributed by atoms with E-state index in [2.05, 4.69) is 4.98 Å². The van der Waals surface area contributed by atoms with E-state index < -0.39 is 23.5 Å². The van der Waals surface area contributed by atoms with Crippen molar-refractivity contribution in [2.45, 2.75) is 6.04 Å². The van der Waals surface area contributed by atoms with Crippen LogP contribution < -0.4 is 0 Å². The Balaban J connectivity index is 2.04. The van der Waals surface area contributed by atoms with Crippen LogP contribution >= 0.6 is 0 Å². The van der Waals surface area contributed by atoms with Crippen molar-refractivity contribution < 1.29 is 19.1 Å². The molecule has 0 saturated heterocycles. The molecule has 0 bridgehead atoms. The maximum Gasteiger partial charge on any atom is 0.290 e. The van der Waals surface area contributed by atoms with Crippen molar-refractivity contribution in [3.63, 3.8) is 0 Å². The molecule has 3 heterocycles. The van der Waals surface area contributed by atoms with Crippen LogP contribution in [0, 0.1) is 0 Å². The summed E-state index contributed by atoms with van der Waals surface area (Å²) in [5.74, 6) is -1.56. The zero-order chi connectivity index (χ0) is 18.0.